The Bertz CT molecular complexity index is 1160. The van der Waals surface area contributed by atoms with E-state index < -0.39 is 0 Å². The van der Waals surface area contributed by atoms with E-state index in [1.165, 1.54) is 23.2 Å². The number of fused-ring (bicyclic) bond motifs is 4. The molecule has 0 bridgehead atoms. The summed E-state index contributed by atoms with van der Waals surface area (Å²) in [5, 5.41) is 21.0. The maximum Gasteiger partial charge on any atom is 0.220 e. The molecule has 5 rings (SSSR count). The molecule has 124 valence electrons. The summed E-state index contributed by atoms with van der Waals surface area (Å²) in [7, 11) is 1.81. The maximum absolute atomic E-state index is 10.4. The number of para-hydroxylation sites is 1. The highest BCUT2D eigenvalue weighted by Gasteiger charge is 2.21. The predicted octanol–water partition coefficient (Wildman–Crippen LogP) is 4.79. The standard InChI is InChI=1S/C18H15N5OS/c1-23-12-7-3-2-5-10(12)15(18(23)24)21-22-16-14-11-6-4-8-13(11)25-17(14)20-9-19-16/h2-3,5,7,9,24H,4,6,8H2,1H3. The van der Waals surface area contributed by atoms with Gasteiger partial charge in [-0.2, -0.15) is 0 Å². The first kappa shape index (κ1) is 14.5. The van der Waals surface area contributed by atoms with Gasteiger partial charge in [-0.15, -0.1) is 21.6 Å². The Hall–Kier alpha value is -2.80. The molecule has 0 unspecified atom stereocenters. The van der Waals surface area contributed by atoms with E-state index in [4.69, 9.17) is 0 Å². The average Bonchev–Trinajstić information content (AvgIpc) is 3.28. The molecule has 7 heteroatoms. The van der Waals surface area contributed by atoms with Crippen molar-refractivity contribution in [1.82, 2.24) is 14.5 Å². The number of thiophene rings is 1. The third-order valence-corrected chi connectivity index (χ3v) is 5.98. The molecule has 0 saturated carbocycles. The fourth-order valence-corrected chi connectivity index (χ4v) is 4.77. The van der Waals surface area contributed by atoms with Crippen LogP contribution in [0.15, 0.2) is 40.8 Å². The number of rotatable bonds is 2. The van der Waals surface area contributed by atoms with Crippen LogP contribution in [0.1, 0.15) is 16.9 Å². The predicted molar refractivity (Wildman–Crippen MR) is 98.2 cm³/mol. The van der Waals surface area contributed by atoms with E-state index >= 15 is 0 Å². The third kappa shape index (κ3) is 2.09. The van der Waals surface area contributed by atoms with Crippen molar-refractivity contribution in [2.75, 3.05) is 0 Å². The van der Waals surface area contributed by atoms with Gasteiger partial charge >= 0.3 is 0 Å². The molecule has 0 fully saturated rings. The van der Waals surface area contributed by atoms with Gasteiger partial charge in [-0.1, -0.05) is 18.2 Å². The summed E-state index contributed by atoms with van der Waals surface area (Å²) in [6.45, 7) is 0. The fraction of sp³-hybridized carbons (Fsp3) is 0.222. The summed E-state index contributed by atoms with van der Waals surface area (Å²) in [4.78, 5) is 11.1. The lowest BCUT2D eigenvalue weighted by molar-refractivity contribution is 0.436. The number of benzene rings is 1. The summed E-state index contributed by atoms with van der Waals surface area (Å²) < 4.78 is 1.71. The number of hydrogen-bond donors (Lipinski definition) is 1. The highest BCUT2D eigenvalue weighted by molar-refractivity contribution is 7.19. The zero-order valence-electron chi connectivity index (χ0n) is 13.6. The number of azo groups is 1. The Balaban J connectivity index is 1.68. The summed E-state index contributed by atoms with van der Waals surface area (Å²) in [6, 6.07) is 7.74. The van der Waals surface area contributed by atoms with Gasteiger partial charge in [-0.25, -0.2) is 9.97 Å². The van der Waals surface area contributed by atoms with E-state index in [2.05, 4.69) is 20.2 Å². The molecule has 25 heavy (non-hydrogen) atoms. The smallest absolute Gasteiger partial charge is 0.220 e. The van der Waals surface area contributed by atoms with Gasteiger partial charge in [0.25, 0.3) is 0 Å². The Morgan fingerprint density at radius 3 is 2.96 bits per heavy atom. The summed E-state index contributed by atoms with van der Waals surface area (Å²) >= 11 is 1.73. The van der Waals surface area contributed by atoms with Gasteiger partial charge in [-0.3, -0.25) is 0 Å². The summed E-state index contributed by atoms with van der Waals surface area (Å²) in [6.07, 6.45) is 4.86. The third-order valence-electron chi connectivity index (χ3n) is 4.78. The fourth-order valence-electron chi connectivity index (χ4n) is 3.54. The van der Waals surface area contributed by atoms with E-state index in [9.17, 15) is 5.11 Å². The molecule has 1 aromatic carbocycles. The van der Waals surface area contributed by atoms with Crippen molar-refractivity contribution in [3.05, 3.63) is 41.0 Å². The van der Waals surface area contributed by atoms with E-state index in [1.807, 2.05) is 31.3 Å². The van der Waals surface area contributed by atoms with E-state index in [-0.39, 0.29) is 5.88 Å². The molecule has 0 saturated heterocycles. The first-order chi connectivity index (χ1) is 12.2. The molecule has 0 amide bonds. The molecule has 3 heterocycles. The Labute approximate surface area is 147 Å². The van der Waals surface area contributed by atoms with Crippen molar-refractivity contribution in [1.29, 1.82) is 0 Å². The lowest BCUT2D eigenvalue weighted by Crippen LogP contribution is -1.84. The highest BCUT2D eigenvalue weighted by atomic mass is 32.1. The molecular formula is C18H15N5OS. The van der Waals surface area contributed by atoms with Gasteiger partial charge in [0.1, 0.15) is 11.2 Å². The Morgan fingerprint density at radius 2 is 2.04 bits per heavy atom. The van der Waals surface area contributed by atoms with Crippen LogP contribution in [0.3, 0.4) is 0 Å². The minimum atomic E-state index is 0.103. The largest absolute Gasteiger partial charge is 0.493 e. The molecule has 0 atom stereocenters. The van der Waals surface area contributed by atoms with Crippen LogP contribution in [0.5, 0.6) is 5.88 Å². The topological polar surface area (TPSA) is 75.7 Å². The van der Waals surface area contributed by atoms with Gasteiger partial charge in [0, 0.05) is 17.3 Å². The van der Waals surface area contributed by atoms with Crippen molar-refractivity contribution < 1.29 is 5.11 Å². The monoisotopic (exact) mass is 349 g/mol. The number of aryl methyl sites for hydroxylation is 3. The van der Waals surface area contributed by atoms with Crippen LogP contribution in [0.25, 0.3) is 21.1 Å². The summed E-state index contributed by atoms with van der Waals surface area (Å²) in [5.74, 6) is 0.683. The van der Waals surface area contributed by atoms with Crippen LogP contribution >= 0.6 is 11.3 Å². The first-order valence-electron chi connectivity index (χ1n) is 8.17. The van der Waals surface area contributed by atoms with Gasteiger partial charge in [0.05, 0.1) is 10.9 Å². The van der Waals surface area contributed by atoms with Crippen LogP contribution < -0.4 is 0 Å². The molecule has 0 radical (unpaired) electrons. The van der Waals surface area contributed by atoms with Gasteiger partial charge in [0.15, 0.2) is 11.5 Å². The Morgan fingerprint density at radius 1 is 1.16 bits per heavy atom. The van der Waals surface area contributed by atoms with E-state index in [0.29, 0.717) is 11.5 Å². The number of aromatic hydroxyl groups is 1. The zero-order chi connectivity index (χ0) is 17.0. The Kier molecular flexibility index (Phi) is 3.11. The minimum absolute atomic E-state index is 0.103. The molecular weight excluding hydrogens is 334 g/mol. The van der Waals surface area contributed by atoms with Crippen molar-refractivity contribution in [3.8, 4) is 5.88 Å². The maximum atomic E-state index is 10.4. The molecule has 3 aromatic heterocycles. The minimum Gasteiger partial charge on any atom is -0.493 e. The van der Waals surface area contributed by atoms with Crippen LogP contribution in [0.4, 0.5) is 11.5 Å². The van der Waals surface area contributed by atoms with Crippen LogP contribution in [0, 0.1) is 0 Å². The van der Waals surface area contributed by atoms with Crippen LogP contribution in [-0.2, 0) is 19.9 Å². The van der Waals surface area contributed by atoms with Crippen molar-refractivity contribution in [3.63, 3.8) is 0 Å². The van der Waals surface area contributed by atoms with Gasteiger partial charge in [-0.05, 0) is 30.9 Å². The van der Waals surface area contributed by atoms with Gasteiger partial charge in [0.2, 0.25) is 5.88 Å². The van der Waals surface area contributed by atoms with Crippen LogP contribution in [0.2, 0.25) is 0 Å². The lowest BCUT2D eigenvalue weighted by atomic mass is 10.2. The zero-order valence-corrected chi connectivity index (χ0v) is 14.4. The SMILES string of the molecule is Cn1c(O)c(N=Nc2ncnc3sc4c(c23)CCC4)c2ccccc21. The van der Waals surface area contributed by atoms with Crippen LogP contribution in [-0.4, -0.2) is 19.6 Å². The molecule has 1 N–H and O–H groups in total. The van der Waals surface area contributed by atoms with E-state index in [0.717, 1.165) is 34.0 Å². The first-order valence-corrected chi connectivity index (χ1v) is 8.99. The second-order valence-corrected chi connectivity index (χ2v) is 7.27. The molecule has 6 nitrogen and oxygen atoms in total. The molecule has 1 aliphatic rings. The number of aromatic nitrogens is 3. The number of nitrogens with zero attached hydrogens (tertiary/aromatic N) is 5. The molecule has 4 aromatic rings. The van der Waals surface area contributed by atoms with Gasteiger partial charge < -0.3 is 9.67 Å². The molecule has 0 spiro atoms. The van der Waals surface area contributed by atoms with Crippen molar-refractivity contribution >= 4 is 44.0 Å². The number of hydrogen-bond acceptors (Lipinski definition) is 6. The molecule has 1 aliphatic carbocycles. The van der Waals surface area contributed by atoms with Crippen molar-refractivity contribution in [2.24, 2.45) is 17.3 Å². The second-order valence-electron chi connectivity index (χ2n) is 6.18. The normalized spacial score (nSPS) is 14.1. The van der Waals surface area contributed by atoms with Crippen molar-refractivity contribution in [2.45, 2.75) is 19.3 Å². The highest BCUT2D eigenvalue weighted by Crippen LogP contribution is 2.42. The second kappa shape index (κ2) is 5.35. The average molecular weight is 349 g/mol. The lowest BCUT2D eigenvalue weighted by Gasteiger charge is -1.98. The molecule has 0 aliphatic heterocycles. The quantitative estimate of drug-likeness (QED) is 0.529. The van der Waals surface area contributed by atoms with E-state index in [1.54, 1.807) is 15.9 Å². The summed E-state index contributed by atoms with van der Waals surface area (Å²) in [5.41, 5.74) is 2.70.